The molecule has 1 heterocycles. The lowest BCUT2D eigenvalue weighted by molar-refractivity contribution is -0.119. The van der Waals surface area contributed by atoms with Gasteiger partial charge in [-0.1, -0.05) is 44.2 Å². The summed E-state index contributed by atoms with van der Waals surface area (Å²) < 4.78 is 5.04. The topological polar surface area (TPSA) is 38.3 Å². The zero-order chi connectivity index (χ0) is 15.8. The second kappa shape index (κ2) is 15.7. The van der Waals surface area contributed by atoms with Gasteiger partial charge in [0, 0.05) is 20.1 Å². The van der Waals surface area contributed by atoms with Crippen LogP contribution in [-0.2, 0) is 9.53 Å². The number of nitrogens with one attached hydrogen (secondary N) is 1. The molecule has 3 heteroatoms. The number of carbonyl (C=O) groups is 1. The standard InChI is InChI=1S/C11H18O.C4H7NO.C2H6/c1-5-10(3)7-8-11(6-2)9-12-4;6-4-2-1-3-5-4;1-2/h5-7H,1,8-9H2,2-4H3;1-3H2,(H,5,6);1-2H3/b10-7-,11-6+;;. The van der Waals surface area contributed by atoms with Crippen molar-refractivity contribution in [2.24, 2.45) is 0 Å². The van der Waals surface area contributed by atoms with E-state index in [2.05, 4.69) is 24.0 Å². The first-order chi connectivity index (χ1) is 9.63. The highest BCUT2D eigenvalue weighted by molar-refractivity contribution is 5.77. The van der Waals surface area contributed by atoms with Crippen LogP contribution in [0.4, 0.5) is 0 Å². The quantitative estimate of drug-likeness (QED) is 0.610. The van der Waals surface area contributed by atoms with Crippen molar-refractivity contribution in [3.05, 3.63) is 36.0 Å². The van der Waals surface area contributed by atoms with Crippen LogP contribution in [0, 0.1) is 0 Å². The molecule has 0 aromatic carbocycles. The summed E-state index contributed by atoms with van der Waals surface area (Å²) in [5, 5.41) is 2.68. The highest BCUT2D eigenvalue weighted by Crippen LogP contribution is 2.05. The van der Waals surface area contributed by atoms with Gasteiger partial charge in [0.25, 0.3) is 0 Å². The molecule has 3 nitrogen and oxygen atoms in total. The Morgan fingerprint density at radius 3 is 2.40 bits per heavy atom. The number of hydrogen-bond acceptors (Lipinski definition) is 2. The number of amides is 1. The lowest BCUT2D eigenvalue weighted by atomic mass is 10.1. The molecule has 0 saturated carbocycles. The predicted octanol–water partition coefficient (Wildman–Crippen LogP) is 4.02. The van der Waals surface area contributed by atoms with Crippen molar-refractivity contribution in [3.8, 4) is 0 Å². The fraction of sp³-hybridized carbons (Fsp3) is 0.588. The first-order valence-electron chi connectivity index (χ1n) is 7.33. The van der Waals surface area contributed by atoms with Crippen LogP contribution in [0.5, 0.6) is 0 Å². The molecule has 1 aliphatic heterocycles. The lowest BCUT2D eigenvalue weighted by Crippen LogP contribution is -2.12. The molecule has 1 saturated heterocycles. The van der Waals surface area contributed by atoms with E-state index in [4.69, 9.17) is 4.74 Å². The van der Waals surface area contributed by atoms with Gasteiger partial charge in [0.15, 0.2) is 0 Å². The van der Waals surface area contributed by atoms with Gasteiger partial charge >= 0.3 is 0 Å². The molecule has 1 amide bonds. The molecule has 1 N–H and O–H groups in total. The van der Waals surface area contributed by atoms with E-state index in [1.165, 1.54) is 11.1 Å². The predicted molar refractivity (Wildman–Crippen MR) is 87.8 cm³/mol. The average Bonchev–Trinajstić information content (AvgIpc) is 2.96. The van der Waals surface area contributed by atoms with E-state index in [0.717, 1.165) is 32.4 Å². The summed E-state index contributed by atoms with van der Waals surface area (Å²) in [6, 6.07) is 0. The van der Waals surface area contributed by atoms with Gasteiger partial charge in [-0.05, 0) is 32.3 Å². The summed E-state index contributed by atoms with van der Waals surface area (Å²) in [7, 11) is 1.72. The van der Waals surface area contributed by atoms with Gasteiger partial charge in [-0.25, -0.2) is 0 Å². The molecule has 0 radical (unpaired) electrons. The van der Waals surface area contributed by atoms with Crippen molar-refractivity contribution in [1.29, 1.82) is 0 Å². The second-order valence-corrected chi connectivity index (χ2v) is 4.19. The summed E-state index contributed by atoms with van der Waals surface area (Å²) in [5.74, 6) is 0.204. The van der Waals surface area contributed by atoms with Crippen LogP contribution in [0.25, 0.3) is 0 Å². The van der Waals surface area contributed by atoms with Crippen LogP contribution in [-0.4, -0.2) is 26.2 Å². The summed E-state index contributed by atoms with van der Waals surface area (Å²) in [6.45, 7) is 13.4. The maximum Gasteiger partial charge on any atom is 0.220 e. The first-order valence-corrected chi connectivity index (χ1v) is 7.33. The van der Waals surface area contributed by atoms with Crippen molar-refractivity contribution >= 4 is 5.91 Å². The Balaban J connectivity index is 0. The van der Waals surface area contributed by atoms with Crippen LogP contribution in [0.1, 0.15) is 47.0 Å². The van der Waals surface area contributed by atoms with Gasteiger partial charge in [0.1, 0.15) is 0 Å². The smallest absolute Gasteiger partial charge is 0.220 e. The molecule has 1 aliphatic rings. The van der Waals surface area contributed by atoms with E-state index in [1.54, 1.807) is 7.11 Å². The highest BCUT2D eigenvalue weighted by atomic mass is 16.5. The Morgan fingerprint density at radius 2 is 2.10 bits per heavy atom. The highest BCUT2D eigenvalue weighted by Gasteiger charge is 2.05. The number of hydrogen-bond donors (Lipinski definition) is 1. The van der Waals surface area contributed by atoms with Crippen molar-refractivity contribution in [3.63, 3.8) is 0 Å². The van der Waals surface area contributed by atoms with Gasteiger partial charge in [-0.3, -0.25) is 4.79 Å². The minimum Gasteiger partial charge on any atom is -0.380 e. The minimum absolute atomic E-state index is 0.204. The molecule has 20 heavy (non-hydrogen) atoms. The maximum absolute atomic E-state index is 10.1. The molecular formula is C17H31NO2. The Labute approximate surface area is 124 Å². The molecule has 1 fully saturated rings. The molecule has 0 unspecified atom stereocenters. The summed E-state index contributed by atoms with van der Waals surface area (Å²) >= 11 is 0. The molecule has 0 spiro atoms. The fourth-order valence-corrected chi connectivity index (χ4v) is 1.39. The molecule has 0 atom stereocenters. The normalized spacial score (nSPS) is 14.6. The van der Waals surface area contributed by atoms with Crippen molar-refractivity contribution in [2.45, 2.75) is 47.0 Å². The maximum atomic E-state index is 10.1. The Bertz CT molecular complexity index is 309. The average molecular weight is 281 g/mol. The number of methoxy groups -OCH3 is 1. The third-order valence-electron chi connectivity index (χ3n) is 2.65. The minimum atomic E-state index is 0.204. The molecule has 1 rings (SSSR count). The zero-order valence-corrected chi connectivity index (χ0v) is 13.8. The lowest BCUT2D eigenvalue weighted by Gasteiger charge is -2.01. The summed E-state index contributed by atoms with van der Waals surface area (Å²) in [6.07, 6.45) is 8.83. The van der Waals surface area contributed by atoms with E-state index in [0.29, 0.717) is 0 Å². The second-order valence-electron chi connectivity index (χ2n) is 4.19. The van der Waals surface area contributed by atoms with E-state index in [1.807, 2.05) is 33.8 Å². The Kier molecular flexibility index (Phi) is 16.5. The summed E-state index contributed by atoms with van der Waals surface area (Å²) in [4.78, 5) is 10.1. The van der Waals surface area contributed by atoms with Crippen LogP contribution in [0.3, 0.4) is 0 Å². The Morgan fingerprint density at radius 1 is 1.45 bits per heavy atom. The van der Waals surface area contributed by atoms with Gasteiger partial charge in [-0.2, -0.15) is 0 Å². The van der Waals surface area contributed by atoms with E-state index < -0.39 is 0 Å². The number of ether oxygens (including phenoxy) is 1. The Hall–Kier alpha value is -1.35. The largest absolute Gasteiger partial charge is 0.380 e. The number of allylic oxidation sites excluding steroid dienone is 4. The van der Waals surface area contributed by atoms with Crippen molar-refractivity contribution in [2.75, 3.05) is 20.3 Å². The molecule has 0 aliphatic carbocycles. The fourth-order valence-electron chi connectivity index (χ4n) is 1.39. The van der Waals surface area contributed by atoms with E-state index >= 15 is 0 Å². The molecule has 0 aromatic heterocycles. The van der Waals surface area contributed by atoms with Gasteiger partial charge in [0.05, 0.1) is 6.61 Å². The first kappa shape index (κ1) is 21.0. The van der Waals surface area contributed by atoms with Gasteiger partial charge in [0.2, 0.25) is 5.91 Å². The van der Waals surface area contributed by atoms with E-state index in [9.17, 15) is 4.79 Å². The van der Waals surface area contributed by atoms with Gasteiger partial charge in [-0.15, -0.1) is 0 Å². The van der Waals surface area contributed by atoms with Crippen LogP contribution in [0.2, 0.25) is 0 Å². The molecule has 0 aromatic rings. The van der Waals surface area contributed by atoms with Crippen molar-refractivity contribution in [1.82, 2.24) is 5.32 Å². The third-order valence-corrected chi connectivity index (χ3v) is 2.65. The monoisotopic (exact) mass is 281 g/mol. The van der Waals surface area contributed by atoms with E-state index in [-0.39, 0.29) is 5.91 Å². The van der Waals surface area contributed by atoms with Crippen LogP contribution in [0.15, 0.2) is 36.0 Å². The van der Waals surface area contributed by atoms with Crippen LogP contribution >= 0.6 is 0 Å². The van der Waals surface area contributed by atoms with Crippen molar-refractivity contribution < 1.29 is 9.53 Å². The van der Waals surface area contributed by atoms with Gasteiger partial charge < -0.3 is 10.1 Å². The third kappa shape index (κ3) is 13.1. The molecule has 0 bridgehead atoms. The SMILES string of the molecule is C=C/C(C)=C\C/C(=C\C)COC.CC.O=C1CCCN1. The number of carbonyl (C=O) groups excluding carboxylic acids is 1. The summed E-state index contributed by atoms with van der Waals surface area (Å²) in [5.41, 5.74) is 2.52. The number of rotatable bonds is 5. The molecular weight excluding hydrogens is 250 g/mol. The molecule has 116 valence electrons. The zero-order valence-electron chi connectivity index (χ0n) is 13.8. The van der Waals surface area contributed by atoms with Crippen LogP contribution < -0.4 is 5.32 Å².